The maximum atomic E-state index is 12.0. The lowest BCUT2D eigenvalue weighted by atomic mass is 10.2. The van der Waals surface area contributed by atoms with Crippen molar-refractivity contribution in [3.63, 3.8) is 0 Å². The van der Waals surface area contributed by atoms with Crippen molar-refractivity contribution in [2.75, 3.05) is 18.9 Å². The molecule has 0 saturated carbocycles. The Hall–Kier alpha value is -2.84. The van der Waals surface area contributed by atoms with E-state index < -0.39 is 0 Å². The SMILES string of the molecule is O=C(CSc1nnc2c(n1)[nH]c1ccccc12)NCCOc1ccc(Cl)cc1. The third kappa shape index (κ3) is 4.35. The molecule has 4 rings (SSSR count). The number of amides is 1. The van der Waals surface area contributed by atoms with Gasteiger partial charge in [-0.15, -0.1) is 10.2 Å². The summed E-state index contributed by atoms with van der Waals surface area (Å²) in [4.78, 5) is 19.6. The normalized spacial score (nSPS) is 11.0. The molecule has 1 amide bonds. The summed E-state index contributed by atoms with van der Waals surface area (Å²) in [5.41, 5.74) is 2.35. The molecule has 4 aromatic rings. The van der Waals surface area contributed by atoms with Crippen LogP contribution in [0.4, 0.5) is 0 Å². The van der Waals surface area contributed by atoms with Crippen molar-refractivity contribution < 1.29 is 9.53 Å². The van der Waals surface area contributed by atoms with Gasteiger partial charge in [-0.1, -0.05) is 41.6 Å². The summed E-state index contributed by atoms with van der Waals surface area (Å²) in [6.07, 6.45) is 0. The van der Waals surface area contributed by atoms with Gasteiger partial charge in [-0.2, -0.15) is 0 Å². The fourth-order valence-electron chi connectivity index (χ4n) is 2.64. The third-order valence-electron chi connectivity index (χ3n) is 3.94. The van der Waals surface area contributed by atoms with Gasteiger partial charge >= 0.3 is 0 Å². The van der Waals surface area contributed by atoms with Crippen molar-refractivity contribution in [1.29, 1.82) is 0 Å². The number of carbonyl (C=O) groups is 1. The van der Waals surface area contributed by atoms with E-state index in [1.165, 1.54) is 11.8 Å². The molecular weight excluding hydrogens is 398 g/mol. The Bertz CT molecular complexity index is 1120. The number of para-hydroxylation sites is 1. The van der Waals surface area contributed by atoms with Gasteiger partial charge in [0, 0.05) is 15.9 Å². The van der Waals surface area contributed by atoms with E-state index in [-0.39, 0.29) is 11.7 Å². The Labute approximate surface area is 169 Å². The topological polar surface area (TPSA) is 92.8 Å². The number of H-pyrrole nitrogens is 1. The second-order valence-corrected chi connectivity index (χ2v) is 7.28. The van der Waals surface area contributed by atoms with Crippen LogP contribution in [0.1, 0.15) is 0 Å². The lowest BCUT2D eigenvalue weighted by Gasteiger charge is -2.07. The number of rotatable bonds is 7. The van der Waals surface area contributed by atoms with Crippen LogP contribution < -0.4 is 10.1 Å². The molecule has 142 valence electrons. The van der Waals surface area contributed by atoms with Gasteiger partial charge in [-0.25, -0.2) is 4.98 Å². The highest BCUT2D eigenvalue weighted by molar-refractivity contribution is 7.99. The zero-order valence-corrected chi connectivity index (χ0v) is 16.3. The number of fused-ring (bicyclic) bond motifs is 3. The second-order valence-electron chi connectivity index (χ2n) is 5.90. The fraction of sp³-hybridized carbons (Fsp3) is 0.158. The molecule has 2 heterocycles. The first-order valence-electron chi connectivity index (χ1n) is 8.58. The molecule has 0 radical (unpaired) electrons. The molecule has 7 nitrogen and oxygen atoms in total. The van der Waals surface area contributed by atoms with Crippen LogP contribution in [0, 0.1) is 0 Å². The molecule has 0 bridgehead atoms. The lowest BCUT2D eigenvalue weighted by Crippen LogP contribution is -2.29. The minimum Gasteiger partial charge on any atom is -0.492 e. The molecule has 0 aliphatic carbocycles. The van der Waals surface area contributed by atoms with Crippen LogP contribution in [-0.4, -0.2) is 45.0 Å². The molecule has 0 fully saturated rings. The first-order chi connectivity index (χ1) is 13.7. The first kappa shape index (κ1) is 18.5. The Balaban J connectivity index is 1.26. The average Bonchev–Trinajstić information content (AvgIpc) is 3.09. The molecule has 0 atom stereocenters. The number of aromatic nitrogens is 4. The molecule has 0 aliphatic heterocycles. The van der Waals surface area contributed by atoms with E-state index in [9.17, 15) is 4.79 Å². The fourth-order valence-corrected chi connectivity index (χ4v) is 3.38. The monoisotopic (exact) mass is 413 g/mol. The van der Waals surface area contributed by atoms with Crippen molar-refractivity contribution in [3.8, 4) is 5.75 Å². The number of halogens is 1. The van der Waals surface area contributed by atoms with Crippen LogP contribution in [0.15, 0.2) is 53.7 Å². The molecular formula is C19H16ClN5O2S. The van der Waals surface area contributed by atoms with Gasteiger partial charge in [-0.3, -0.25) is 4.79 Å². The van der Waals surface area contributed by atoms with Gasteiger partial charge < -0.3 is 15.0 Å². The number of thioether (sulfide) groups is 1. The molecule has 2 aromatic carbocycles. The predicted octanol–water partition coefficient (Wildman–Crippen LogP) is 3.45. The van der Waals surface area contributed by atoms with Crippen LogP contribution in [0.2, 0.25) is 5.02 Å². The van der Waals surface area contributed by atoms with E-state index in [0.717, 1.165) is 16.4 Å². The summed E-state index contributed by atoms with van der Waals surface area (Å²) in [7, 11) is 0. The molecule has 9 heteroatoms. The first-order valence-corrected chi connectivity index (χ1v) is 9.94. The van der Waals surface area contributed by atoms with Gasteiger partial charge in [0.05, 0.1) is 12.3 Å². The van der Waals surface area contributed by atoms with Gasteiger partial charge in [-0.05, 0) is 30.3 Å². The Kier molecular flexibility index (Phi) is 5.59. The number of ether oxygens (including phenoxy) is 1. The van der Waals surface area contributed by atoms with Crippen LogP contribution >= 0.6 is 23.4 Å². The van der Waals surface area contributed by atoms with Crippen molar-refractivity contribution in [2.45, 2.75) is 5.16 Å². The van der Waals surface area contributed by atoms with E-state index in [4.69, 9.17) is 16.3 Å². The molecule has 0 spiro atoms. The van der Waals surface area contributed by atoms with Crippen LogP contribution in [0.5, 0.6) is 5.75 Å². The highest BCUT2D eigenvalue weighted by Gasteiger charge is 2.10. The van der Waals surface area contributed by atoms with E-state index in [1.807, 2.05) is 24.3 Å². The van der Waals surface area contributed by atoms with Gasteiger partial charge in [0.15, 0.2) is 5.65 Å². The van der Waals surface area contributed by atoms with Gasteiger partial charge in [0.25, 0.3) is 0 Å². The maximum absolute atomic E-state index is 12.0. The number of benzene rings is 2. The van der Waals surface area contributed by atoms with Crippen molar-refractivity contribution in [2.24, 2.45) is 0 Å². The minimum absolute atomic E-state index is 0.120. The Morgan fingerprint density at radius 3 is 2.82 bits per heavy atom. The maximum Gasteiger partial charge on any atom is 0.230 e. The highest BCUT2D eigenvalue weighted by atomic mass is 35.5. The van der Waals surface area contributed by atoms with Crippen LogP contribution in [-0.2, 0) is 4.79 Å². The van der Waals surface area contributed by atoms with Gasteiger partial charge in [0.1, 0.15) is 17.9 Å². The predicted molar refractivity (Wildman–Crippen MR) is 110 cm³/mol. The Morgan fingerprint density at radius 1 is 1.14 bits per heavy atom. The largest absolute Gasteiger partial charge is 0.492 e. The summed E-state index contributed by atoms with van der Waals surface area (Å²) in [6.45, 7) is 0.777. The van der Waals surface area contributed by atoms with E-state index in [1.54, 1.807) is 24.3 Å². The summed E-state index contributed by atoms with van der Waals surface area (Å²) in [5.74, 6) is 0.790. The summed E-state index contributed by atoms with van der Waals surface area (Å²) in [6, 6.07) is 14.9. The summed E-state index contributed by atoms with van der Waals surface area (Å²) >= 11 is 7.06. The quantitative estimate of drug-likeness (QED) is 0.356. The third-order valence-corrected chi connectivity index (χ3v) is 5.03. The number of nitrogens with one attached hydrogen (secondary N) is 2. The molecule has 0 saturated heterocycles. The molecule has 0 aliphatic rings. The second kappa shape index (κ2) is 8.45. The van der Waals surface area contributed by atoms with E-state index in [0.29, 0.717) is 34.7 Å². The number of carbonyl (C=O) groups excluding carboxylic acids is 1. The number of aromatic amines is 1. The van der Waals surface area contributed by atoms with E-state index in [2.05, 4.69) is 25.5 Å². The minimum atomic E-state index is -0.120. The van der Waals surface area contributed by atoms with E-state index >= 15 is 0 Å². The highest BCUT2D eigenvalue weighted by Crippen LogP contribution is 2.23. The van der Waals surface area contributed by atoms with Crippen LogP contribution in [0.3, 0.4) is 0 Å². The Morgan fingerprint density at radius 2 is 1.96 bits per heavy atom. The van der Waals surface area contributed by atoms with Crippen molar-refractivity contribution in [1.82, 2.24) is 25.5 Å². The summed E-state index contributed by atoms with van der Waals surface area (Å²) < 4.78 is 5.53. The lowest BCUT2D eigenvalue weighted by molar-refractivity contribution is -0.118. The zero-order valence-electron chi connectivity index (χ0n) is 14.7. The van der Waals surface area contributed by atoms with Crippen LogP contribution in [0.25, 0.3) is 22.1 Å². The van der Waals surface area contributed by atoms with Gasteiger partial charge in [0.2, 0.25) is 11.1 Å². The smallest absolute Gasteiger partial charge is 0.230 e. The average molecular weight is 414 g/mol. The molecule has 2 aromatic heterocycles. The molecule has 0 unspecified atom stereocenters. The standard InChI is InChI=1S/C19H16ClN5O2S/c20-12-5-7-13(8-6-12)27-10-9-21-16(26)11-28-19-23-18-17(24-25-19)14-3-1-2-4-15(14)22-18/h1-8H,9-11H2,(H,21,26)(H,22,23,25). The zero-order chi connectivity index (χ0) is 19.3. The summed E-state index contributed by atoms with van der Waals surface area (Å²) in [5, 5.41) is 13.2. The number of hydrogen-bond donors (Lipinski definition) is 2. The number of hydrogen-bond acceptors (Lipinski definition) is 6. The van der Waals surface area contributed by atoms with Crippen molar-refractivity contribution >= 4 is 51.3 Å². The molecule has 2 N–H and O–H groups in total. The number of nitrogens with zero attached hydrogens (tertiary/aromatic N) is 3. The van der Waals surface area contributed by atoms with Crippen molar-refractivity contribution in [3.05, 3.63) is 53.6 Å². The molecule has 28 heavy (non-hydrogen) atoms.